The van der Waals surface area contributed by atoms with Crippen LogP contribution in [0.15, 0.2) is 176 Å². The Morgan fingerprint density at radius 3 is 1.51 bits per heavy atom. The van der Waals surface area contributed by atoms with Crippen LogP contribution in [-0.2, 0) is 24.7 Å². The molecule has 0 heteroatoms. The fourth-order valence-corrected chi connectivity index (χ4v) is 10.7. The van der Waals surface area contributed by atoms with Crippen molar-refractivity contribution in [2.75, 3.05) is 0 Å². The second kappa shape index (κ2) is 12.9. The van der Waals surface area contributed by atoms with Gasteiger partial charge in [-0.1, -0.05) is 178 Å². The van der Waals surface area contributed by atoms with Gasteiger partial charge in [-0.2, -0.15) is 0 Å². The van der Waals surface area contributed by atoms with Gasteiger partial charge < -0.3 is 0 Å². The summed E-state index contributed by atoms with van der Waals surface area (Å²) in [5.41, 5.74) is 9.68. The molecule has 0 heterocycles. The van der Waals surface area contributed by atoms with Crippen LogP contribution in [0.5, 0.6) is 0 Å². The Labute approximate surface area is 345 Å². The largest absolute Gasteiger partial charge is 0.0622 e. The van der Waals surface area contributed by atoms with Crippen molar-refractivity contribution in [2.45, 2.75) is 45.4 Å². The van der Waals surface area contributed by atoms with E-state index in [1.54, 1.807) is 0 Å². The Kier molecular flexibility index (Phi) is 7.48. The van der Waals surface area contributed by atoms with Crippen molar-refractivity contribution in [3.8, 4) is 0 Å². The molecule has 0 unspecified atom stereocenters. The minimum atomic E-state index is 0.0664. The fraction of sp³-hybridized carbons (Fsp3) is 0.119. The van der Waals surface area contributed by atoms with Gasteiger partial charge >= 0.3 is 0 Å². The average Bonchev–Trinajstić information content (AvgIpc) is 3.76. The lowest BCUT2D eigenvalue weighted by Gasteiger charge is -2.19. The van der Waals surface area contributed by atoms with Crippen LogP contribution in [0, 0.1) is 0 Å². The molecule has 0 aliphatic carbocycles. The molecule has 12 aromatic rings. The van der Waals surface area contributed by atoms with E-state index in [1.165, 1.54) is 125 Å². The first-order chi connectivity index (χ1) is 28.9. The van der Waals surface area contributed by atoms with Crippen LogP contribution in [0.1, 0.15) is 59.7 Å². The summed E-state index contributed by atoms with van der Waals surface area (Å²) < 4.78 is 0. The van der Waals surface area contributed by atoms with Crippen LogP contribution >= 0.6 is 0 Å². The van der Waals surface area contributed by atoms with Gasteiger partial charge in [-0.15, -0.1) is 0 Å². The fourth-order valence-electron chi connectivity index (χ4n) is 10.7. The molecular weight excluding hydrogens is 709 g/mol. The van der Waals surface area contributed by atoms with Crippen LogP contribution in [0.3, 0.4) is 0 Å². The molecule has 12 aromatic carbocycles. The molecule has 59 heavy (non-hydrogen) atoms. The molecule has 0 fully saturated rings. The van der Waals surface area contributed by atoms with Crippen molar-refractivity contribution in [3.63, 3.8) is 0 Å². The molecule has 0 nitrogen and oxygen atoms in total. The van der Waals surface area contributed by atoms with Crippen LogP contribution in [0.25, 0.3) is 86.2 Å². The van der Waals surface area contributed by atoms with Crippen molar-refractivity contribution in [1.82, 2.24) is 0 Å². The van der Waals surface area contributed by atoms with E-state index >= 15 is 0 Å². The molecule has 280 valence electrons. The summed E-state index contributed by atoms with van der Waals surface area (Å²) in [4.78, 5) is 0. The van der Waals surface area contributed by atoms with Gasteiger partial charge in [-0.05, 0) is 168 Å². The molecule has 0 bridgehead atoms. The Balaban J connectivity index is 1.27. The van der Waals surface area contributed by atoms with Gasteiger partial charge in [-0.25, -0.2) is 0 Å². The maximum atomic E-state index is 2.59. The first kappa shape index (κ1) is 34.3. The standard InChI is InChI=1S/C59H44/c1-59(2,3)41-27-28-42-48(34-41)44-22-14-23-45-54(44)50(42)35-51-49(30-37-17-9-5-10-18-37)57-46-24-13-21-43-47-32-39(29-36-15-7-4-8-16-36)25-26-40(47)33-53(55(43)46)58(57)52(56(45)51)31-38-19-11-6-12-20-38/h4-28,32-35H,29-31H2,1-3H3. The van der Waals surface area contributed by atoms with Gasteiger partial charge in [0.2, 0.25) is 0 Å². The summed E-state index contributed by atoms with van der Waals surface area (Å²) in [5, 5.41) is 21.9. The molecule has 0 amide bonds. The van der Waals surface area contributed by atoms with E-state index in [0.717, 1.165) is 19.3 Å². The Bertz CT molecular complexity index is 3570. The molecule has 0 N–H and O–H groups in total. The van der Waals surface area contributed by atoms with E-state index in [2.05, 4.69) is 197 Å². The highest BCUT2D eigenvalue weighted by Crippen LogP contribution is 2.51. The van der Waals surface area contributed by atoms with E-state index in [-0.39, 0.29) is 5.41 Å². The molecule has 0 aromatic heterocycles. The highest BCUT2D eigenvalue weighted by Gasteiger charge is 2.26. The van der Waals surface area contributed by atoms with Crippen molar-refractivity contribution < 1.29 is 0 Å². The number of fused-ring (bicyclic) bond motifs is 10. The molecule has 0 aliphatic heterocycles. The van der Waals surface area contributed by atoms with Crippen molar-refractivity contribution in [1.29, 1.82) is 0 Å². The minimum Gasteiger partial charge on any atom is -0.0622 e. The number of benzene rings is 10. The Morgan fingerprint density at radius 1 is 0.288 bits per heavy atom. The predicted molar refractivity (Wildman–Crippen MR) is 255 cm³/mol. The quantitative estimate of drug-likeness (QED) is 0.148. The zero-order valence-electron chi connectivity index (χ0n) is 33.9. The number of rotatable bonds is 6. The summed E-state index contributed by atoms with van der Waals surface area (Å²) in [6.07, 6.45) is 2.64. The third-order valence-corrected chi connectivity index (χ3v) is 13.4. The lowest BCUT2D eigenvalue weighted by atomic mass is 9.84. The maximum Gasteiger partial charge on any atom is -0.00130 e. The number of hydrogen-bond acceptors (Lipinski definition) is 0. The van der Waals surface area contributed by atoms with E-state index in [1.807, 2.05) is 0 Å². The van der Waals surface area contributed by atoms with Gasteiger partial charge in [0.15, 0.2) is 0 Å². The summed E-state index contributed by atoms with van der Waals surface area (Å²) in [5.74, 6) is 0. The van der Waals surface area contributed by atoms with E-state index < -0.39 is 0 Å². The summed E-state index contributed by atoms with van der Waals surface area (Å²) in [6, 6.07) is 66.9. The van der Waals surface area contributed by atoms with E-state index in [0.29, 0.717) is 0 Å². The lowest BCUT2D eigenvalue weighted by molar-refractivity contribution is 0.591. The third-order valence-electron chi connectivity index (χ3n) is 13.4. The molecule has 0 saturated carbocycles. The smallest absolute Gasteiger partial charge is 0.00130 e. The molecular formula is C59H44. The van der Waals surface area contributed by atoms with E-state index in [9.17, 15) is 0 Å². The van der Waals surface area contributed by atoms with E-state index in [4.69, 9.17) is 0 Å². The molecule has 0 saturated heterocycles. The minimum absolute atomic E-state index is 0.0664. The third kappa shape index (κ3) is 5.29. The topological polar surface area (TPSA) is 0 Å². The zero-order valence-corrected chi connectivity index (χ0v) is 33.9. The molecule has 12 rings (SSSR count). The molecule has 0 spiro atoms. The monoisotopic (exact) mass is 752 g/mol. The van der Waals surface area contributed by atoms with Gasteiger partial charge in [0.1, 0.15) is 0 Å². The molecule has 0 radical (unpaired) electrons. The normalized spacial score (nSPS) is 12.5. The Hall–Kier alpha value is -6.76. The first-order valence-corrected chi connectivity index (χ1v) is 21.2. The average molecular weight is 753 g/mol. The van der Waals surface area contributed by atoms with Gasteiger partial charge in [-0.3, -0.25) is 0 Å². The maximum absolute atomic E-state index is 2.59. The summed E-state index contributed by atoms with van der Waals surface area (Å²) in [7, 11) is 0. The van der Waals surface area contributed by atoms with Crippen LogP contribution < -0.4 is 0 Å². The van der Waals surface area contributed by atoms with Gasteiger partial charge in [0.05, 0.1) is 0 Å². The van der Waals surface area contributed by atoms with Crippen molar-refractivity contribution in [3.05, 3.63) is 215 Å². The van der Waals surface area contributed by atoms with Gasteiger partial charge in [0.25, 0.3) is 0 Å². The Morgan fingerprint density at radius 2 is 0.847 bits per heavy atom. The second-order valence-electron chi connectivity index (χ2n) is 18.0. The van der Waals surface area contributed by atoms with Crippen LogP contribution in [0.4, 0.5) is 0 Å². The van der Waals surface area contributed by atoms with Crippen LogP contribution in [-0.4, -0.2) is 0 Å². The van der Waals surface area contributed by atoms with Crippen LogP contribution in [0.2, 0.25) is 0 Å². The lowest BCUT2D eigenvalue weighted by Crippen LogP contribution is -2.10. The highest BCUT2D eigenvalue weighted by molar-refractivity contribution is 6.41. The predicted octanol–water partition coefficient (Wildman–Crippen LogP) is 15.9. The SMILES string of the molecule is CC(C)(C)c1ccc2c(c1)c1cccc3c4c(Cc5ccccc5)c5c6cc7ccc(Cc8ccccc8)cc7c7cccc(c5c(Cc5ccccc5)c4cc2c13)c76. The van der Waals surface area contributed by atoms with Crippen molar-refractivity contribution in [2.24, 2.45) is 0 Å². The summed E-state index contributed by atoms with van der Waals surface area (Å²) >= 11 is 0. The van der Waals surface area contributed by atoms with Crippen molar-refractivity contribution >= 4 is 86.2 Å². The number of hydrogen-bond donors (Lipinski definition) is 0. The highest BCUT2D eigenvalue weighted by atomic mass is 14.3. The first-order valence-electron chi connectivity index (χ1n) is 21.2. The zero-order chi connectivity index (χ0) is 39.4. The van der Waals surface area contributed by atoms with Gasteiger partial charge in [0, 0.05) is 0 Å². The summed E-state index contributed by atoms with van der Waals surface area (Å²) in [6.45, 7) is 6.97. The second-order valence-corrected chi connectivity index (χ2v) is 18.0. The molecule has 0 atom stereocenters. The molecule has 0 aliphatic rings.